The van der Waals surface area contributed by atoms with Gasteiger partial charge in [0.05, 0.1) is 10.6 Å². The number of nitrogens with zero attached hydrogens (tertiary/aromatic N) is 1. The minimum absolute atomic E-state index is 0.0428. The van der Waals surface area contributed by atoms with E-state index in [9.17, 15) is 13.2 Å². The number of benzene rings is 1. The predicted octanol–water partition coefficient (Wildman–Crippen LogP) is 5.16. The molecule has 0 atom stereocenters. The first-order valence-corrected chi connectivity index (χ1v) is 6.13. The number of halogens is 4. The van der Waals surface area contributed by atoms with Crippen LogP contribution >= 0.6 is 11.6 Å². The molecule has 106 valence electrons. The fraction of sp³-hybridized carbons (Fsp3) is 0.214. The summed E-state index contributed by atoms with van der Waals surface area (Å²) in [6.07, 6.45) is -2.94. The maximum Gasteiger partial charge on any atom is 0.417 e. The molecule has 0 radical (unpaired) electrons. The van der Waals surface area contributed by atoms with E-state index < -0.39 is 11.7 Å². The second-order valence-electron chi connectivity index (χ2n) is 4.38. The molecule has 2 aromatic rings. The summed E-state index contributed by atoms with van der Waals surface area (Å²) < 4.78 is 43.6. The SMILES string of the molecule is Cc1cnc(Oc2ccc(Cl)c(C(F)(F)F)c2)c(C)c1. The topological polar surface area (TPSA) is 22.1 Å². The van der Waals surface area contributed by atoms with Crippen LogP contribution < -0.4 is 4.74 Å². The van der Waals surface area contributed by atoms with Crippen molar-refractivity contribution in [2.24, 2.45) is 0 Å². The molecule has 1 aromatic carbocycles. The summed E-state index contributed by atoms with van der Waals surface area (Å²) in [6, 6.07) is 5.23. The van der Waals surface area contributed by atoms with Gasteiger partial charge in [0.15, 0.2) is 0 Å². The Morgan fingerprint density at radius 3 is 2.45 bits per heavy atom. The van der Waals surface area contributed by atoms with Crippen LogP contribution in [-0.2, 0) is 6.18 Å². The molecular formula is C14H11ClF3NO. The van der Waals surface area contributed by atoms with Crippen molar-refractivity contribution in [1.29, 1.82) is 0 Å². The van der Waals surface area contributed by atoms with E-state index in [1.807, 2.05) is 13.0 Å². The number of rotatable bonds is 2. The number of alkyl halides is 3. The Balaban J connectivity index is 2.35. The molecular weight excluding hydrogens is 291 g/mol. The Kier molecular flexibility index (Phi) is 3.90. The van der Waals surface area contributed by atoms with Gasteiger partial charge in [0.25, 0.3) is 0 Å². The summed E-state index contributed by atoms with van der Waals surface area (Å²) in [5.74, 6) is 0.312. The first-order valence-electron chi connectivity index (χ1n) is 5.75. The molecule has 2 rings (SSSR count). The van der Waals surface area contributed by atoms with Gasteiger partial charge in [-0.05, 0) is 43.7 Å². The van der Waals surface area contributed by atoms with Crippen LogP contribution in [0.3, 0.4) is 0 Å². The van der Waals surface area contributed by atoms with E-state index in [0.717, 1.165) is 23.3 Å². The van der Waals surface area contributed by atoms with Crippen LogP contribution in [0.2, 0.25) is 5.02 Å². The van der Waals surface area contributed by atoms with Crippen LogP contribution in [0, 0.1) is 13.8 Å². The van der Waals surface area contributed by atoms with E-state index in [1.54, 1.807) is 13.1 Å². The van der Waals surface area contributed by atoms with Gasteiger partial charge in [0.2, 0.25) is 5.88 Å². The summed E-state index contributed by atoms with van der Waals surface area (Å²) in [4.78, 5) is 4.05. The van der Waals surface area contributed by atoms with Gasteiger partial charge in [0, 0.05) is 11.8 Å². The van der Waals surface area contributed by atoms with Crippen molar-refractivity contribution in [3.05, 3.63) is 52.2 Å². The summed E-state index contributed by atoms with van der Waals surface area (Å²) in [5, 5.41) is -0.363. The number of hydrogen-bond acceptors (Lipinski definition) is 2. The third kappa shape index (κ3) is 3.22. The third-order valence-electron chi connectivity index (χ3n) is 2.62. The monoisotopic (exact) mass is 301 g/mol. The number of aromatic nitrogens is 1. The van der Waals surface area contributed by atoms with Gasteiger partial charge in [-0.3, -0.25) is 0 Å². The van der Waals surface area contributed by atoms with Crippen LogP contribution in [0.1, 0.15) is 16.7 Å². The van der Waals surface area contributed by atoms with E-state index in [-0.39, 0.29) is 16.7 Å². The Labute approximate surface area is 119 Å². The second kappa shape index (κ2) is 5.32. The largest absolute Gasteiger partial charge is 0.439 e. The van der Waals surface area contributed by atoms with E-state index >= 15 is 0 Å². The first-order chi connectivity index (χ1) is 9.27. The zero-order chi connectivity index (χ0) is 14.9. The quantitative estimate of drug-likeness (QED) is 0.764. The molecule has 6 heteroatoms. The molecule has 1 heterocycles. The fourth-order valence-corrected chi connectivity index (χ4v) is 1.93. The lowest BCUT2D eigenvalue weighted by atomic mass is 10.2. The van der Waals surface area contributed by atoms with Gasteiger partial charge in [-0.1, -0.05) is 11.6 Å². The van der Waals surface area contributed by atoms with Gasteiger partial charge in [-0.2, -0.15) is 13.2 Å². The highest BCUT2D eigenvalue weighted by atomic mass is 35.5. The molecule has 1 aromatic heterocycles. The summed E-state index contributed by atoms with van der Waals surface area (Å²) in [6.45, 7) is 3.64. The average molecular weight is 302 g/mol. The zero-order valence-corrected chi connectivity index (χ0v) is 11.5. The van der Waals surface area contributed by atoms with Crippen molar-refractivity contribution in [2.75, 3.05) is 0 Å². The predicted molar refractivity (Wildman–Crippen MR) is 70.2 cm³/mol. The molecule has 0 aliphatic rings. The standard InChI is InChI=1S/C14H11ClF3NO/c1-8-5-9(2)13(19-7-8)20-10-3-4-12(15)11(6-10)14(16,17)18/h3-7H,1-2H3. The smallest absolute Gasteiger partial charge is 0.417 e. The van der Waals surface area contributed by atoms with Crippen LogP contribution in [0.4, 0.5) is 13.2 Å². The van der Waals surface area contributed by atoms with E-state index in [2.05, 4.69) is 4.98 Å². The highest BCUT2D eigenvalue weighted by Gasteiger charge is 2.33. The minimum Gasteiger partial charge on any atom is -0.439 e. The molecule has 0 bridgehead atoms. The third-order valence-corrected chi connectivity index (χ3v) is 2.95. The first kappa shape index (κ1) is 14.7. The maximum absolute atomic E-state index is 12.7. The maximum atomic E-state index is 12.7. The highest BCUT2D eigenvalue weighted by molar-refractivity contribution is 6.31. The average Bonchev–Trinajstić information content (AvgIpc) is 2.33. The van der Waals surface area contributed by atoms with Crippen molar-refractivity contribution in [1.82, 2.24) is 4.98 Å². The number of ether oxygens (including phenoxy) is 1. The molecule has 0 saturated carbocycles. The van der Waals surface area contributed by atoms with E-state index in [4.69, 9.17) is 16.3 Å². The zero-order valence-electron chi connectivity index (χ0n) is 10.8. The molecule has 0 aliphatic carbocycles. The number of hydrogen-bond donors (Lipinski definition) is 0. The molecule has 20 heavy (non-hydrogen) atoms. The van der Waals surface area contributed by atoms with Crippen molar-refractivity contribution in [2.45, 2.75) is 20.0 Å². The Hall–Kier alpha value is -1.75. The number of pyridine rings is 1. The molecule has 0 fully saturated rings. The van der Waals surface area contributed by atoms with Gasteiger partial charge in [0.1, 0.15) is 5.75 Å². The lowest BCUT2D eigenvalue weighted by molar-refractivity contribution is -0.137. The van der Waals surface area contributed by atoms with Gasteiger partial charge >= 0.3 is 6.18 Å². The Bertz CT molecular complexity index is 641. The minimum atomic E-state index is -4.52. The molecule has 0 aliphatic heterocycles. The lowest BCUT2D eigenvalue weighted by Crippen LogP contribution is -2.06. The van der Waals surface area contributed by atoms with Gasteiger partial charge in [-0.15, -0.1) is 0 Å². The molecule has 0 saturated heterocycles. The van der Waals surface area contributed by atoms with Crippen molar-refractivity contribution >= 4 is 11.6 Å². The summed E-state index contributed by atoms with van der Waals surface area (Å²) >= 11 is 5.54. The lowest BCUT2D eigenvalue weighted by Gasteiger charge is -2.12. The highest BCUT2D eigenvalue weighted by Crippen LogP contribution is 2.37. The number of aryl methyl sites for hydroxylation is 2. The van der Waals surface area contributed by atoms with Crippen LogP contribution in [-0.4, -0.2) is 4.98 Å². The van der Waals surface area contributed by atoms with Crippen LogP contribution in [0.5, 0.6) is 11.6 Å². The van der Waals surface area contributed by atoms with Gasteiger partial charge < -0.3 is 4.74 Å². The molecule has 0 spiro atoms. The second-order valence-corrected chi connectivity index (χ2v) is 4.78. The van der Waals surface area contributed by atoms with E-state index in [1.165, 1.54) is 6.07 Å². The Morgan fingerprint density at radius 1 is 1.15 bits per heavy atom. The summed E-state index contributed by atoms with van der Waals surface area (Å²) in [7, 11) is 0. The molecule has 0 N–H and O–H groups in total. The molecule has 0 amide bonds. The normalized spacial score (nSPS) is 11.5. The summed E-state index contributed by atoms with van der Waals surface area (Å²) in [5.41, 5.74) is 0.761. The van der Waals surface area contributed by atoms with E-state index in [0.29, 0.717) is 0 Å². The van der Waals surface area contributed by atoms with Crippen LogP contribution in [0.25, 0.3) is 0 Å². The van der Waals surface area contributed by atoms with Crippen molar-refractivity contribution in [3.63, 3.8) is 0 Å². The van der Waals surface area contributed by atoms with Crippen molar-refractivity contribution < 1.29 is 17.9 Å². The fourth-order valence-electron chi connectivity index (χ4n) is 1.71. The molecule has 2 nitrogen and oxygen atoms in total. The molecule has 0 unspecified atom stereocenters. The van der Waals surface area contributed by atoms with Crippen LogP contribution in [0.15, 0.2) is 30.5 Å². The Morgan fingerprint density at radius 2 is 1.85 bits per heavy atom. The van der Waals surface area contributed by atoms with Crippen molar-refractivity contribution in [3.8, 4) is 11.6 Å². The van der Waals surface area contributed by atoms with Gasteiger partial charge in [-0.25, -0.2) is 4.98 Å².